The van der Waals surface area contributed by atoms with Crippen molar-refractivity contribution in [1.82, 2.24) is 19.4 Å². The SMILES string of the molecule is Cn1cc([C@@H](C(=O)O)N2CCCN(c3ncccn3)CC2)c2cc(C(=O)O)ccc21. The van der Waals surface area contributed by atoms with E-state index in [4.69, 9.17) is 0 Å². The van der Waals surface area contributed by atoms with Gasteiger partial charge in [0.15, 0.2) is 0 Å². The van der Waals surface area contributed by atoms with Crippen molar-refractivity contribution in [3.63, 3.8) is 0 Å². The van der Waals surface area contributed by atoms with E-state index in [1.807, 2.05) is 16.5 Å². The van der Waals surface area contributed by atoms with E-state index in [9.17, 15) is 19.8 Å². The van der Waals surface area contributed by atoms with Gasteiger partial charge in [-0.1, -0.05) is 0 Å². The summed E-state index contributed by atoms with van der Waals surface area (Å²) in [6.45, 7) is 2.49. The normalized spacial score (nSPS) is 16.4. The molecular formula is C21H23N5O4. The van der Waals surface area contributed by atoms with Gasteiger partial charge in [-0.05, 0) is 30.7 Å². The second-order valence-electron chi connectivity index (χ2n) is 7.40. The summed E-state index contributed by atoms with van der Waals surface area (Å²) in [6, 6.07) is 5.71. The molecule has 156 valence electrons. The summed E-state index contributed by atoms with van der Waals surface area (Å²) in [7, 11) is 1.84. The Bertz CT molecular complexity index is 1080. The predicted molar refractivity (Wildman–Crippen MR) is 111 cm³/mol. The molecule has 1 aliphatic heterocycles. The number of carboxylic acids is 2. The van der Waals surface area contributed by atoms with Gasteiger partial charge in [0.1, 0.15) is 6.04 Å². The monoisotopic (exact) mass is 409 g/mol. The molecule has 0 amide bonds. The van der Waals surface area contributed by atoms with Crippen LogP contribution in [0.4, 0.5) is 5.95 Å². The van der Waals surface area contributed by atoms with Crippen molar-refractivity contribution >= 4 is 28.8 Å². The molecular weight excluding hydrogens is 386 g/mol. The third kappa shape index (κ3) is 3.71. The molecule has 9 heteroatoms. The molecule has 0 radical (unpaired) electrons. The first-order chi connectivity index (χ1) is 14.5. The van der Waals surface area contributed by atoms with E-state index in [0.29, 0.717) is 36.5 Å². The minimum atomic E-state index is -1.04. The molecule has 1 saturated heterocycles. The molecule has 2 N–H and O–H groups in total. The zero-order valence-corrected chi connectivity index (χ0v) is 16.6. The number of carbonyl (C=O) groups is 2. The van der Waals surface area contributed by atoms with Crippen molar-refractivity contribution in [2.75, 3.05) is 31.1 Å². The Hall–Kier alpha value is -3.46. The molecule has 1 aromatic carbocycles. The lowest BCUT2D eigenvalue weighted by atomic mass is 10.0. The molecule has 1 atom stereocenters. The highest BCUT2D eigenvalue weighted by atomic mass is 16.4. The third-order valence-corrected chi connectivity index (χ3v) is 5.53. The van der Waals surface area contributed by atoms with Crippen LogP contribution < -0.4 is 4.90 Å². The maximum absolute atomic E-state index is 12.3. The molecule has 1 aliphatic rings. The van der Waals surface area contributed by atoms with Crippen molar-refractivity contribution in [3.8, 4) is 0 Å². The van der Waals surface area contributed by atoms with Crippen molar-refractivity contribution in [2.45, 2.75) is 12.5 Å². The number of aromatic carboxylic acids is 1. The van der Waals surface area contributed by atoms with E-state index >= 15 is 0 Å². The summed E-state index contributed by atoms with van der Waals surface area (Å²) in [5.74, 6) is -1.35. The van der Waals surface area contributed by atoms with Gasteiger partial charge in [-0.3, -0.25) is 9.69 Å². The summed E-state index contributed by atoms with van der Waals surface area (Å²) in [6.07, 6.45) is 5.95. The van der Waals surface area contributed by atoms with E-state index in [-0.39, 0.29) is 5.56 Å². The summed E-state index contributed by atoms with van der Waals surface area (Å²) < 4.78 is 1.84. The molecule has 3 aromatic rings. The highest BCUT2D eigenvalue weighted by Gasteiger charge is 2.32. The van der Waals surface area contributed by atoms with Crippen LogP contribution >= 0.6 is 0 Å². The van der Waals surface area contributed by atoms with Crippen LogP contribution in [0.3, 0.4) is 0 Å². The van der Waals surface area contributed by atoms with Gasteiger partial charge in [-0.15, -0.1) is 0 Å². The van der Waals surface area contributed by atoms with Gasteiger partial charge in [-0.2, -0.15) is 0 Å². The molecule has 0 aliphatic carbocycles. The molecule has 3 heterocycles. The number of hydrogen-bond acceptors (Lipinski definition) is 6. The number of hydrogen-bond donors (Lipinski definition) is 2. The molecule has 4 rings (SSSR count). The largest absolute Gasteiger partial charge is 0.480 e. The number of benzene rings is 1. The van der Waals surface area contributed by atoms with Crippen LogP contribution in [0.15, 0.2) is 42.9 Å². The minimum Gasteiger partial charge on any atom is -0.480 e. The van der Waals surface area contributed by atoms with Crippen molar-refractivity contribution in [3.05, 3.63) is 54.0 Å². The summed E-state index contributed by atoms with van der Waals surface area (Å²) in [4.78, 5) is 36.4. The van der Waals surface area contributed by atoms with Crippen LogP contribution in [0.25, 0.3) is 10.9 Å². The average molecular weight is 409 g/mol. The van der Waals surface area contributed by atoms with E-state index in [1.54, 1.807) is 36.8 Å². The van der Waals surface area contributed by atoms with Gasteiger partial charge in [0.25, 0.3) is 0 Å². The molecule has 1 fully saturated rings. The molecule has 9 nitrogen and oxygen atoms in total. The average Bonchev–Trinajstić information content (AvgIpc) is 2.90. The maximum atomic E-state index is 12.3. The number of anilines is 1. The summed E-state index contributed by atoms with van der Waals surface area (Å²) in [5, 5.41) is 20.1. The fourth-order valence-electron chi connectivity index (χ4n) is 4.11. The van der Waals surface area contributed by atoms with E-state index in [2.05, 4.69) is 14.9 Å². The molecule has 30 heavy (non-hydrogen) atoms. The maximum Gasteiger partial charge on any atom is 0.335 e. The smallest absolute Gasteiger partial charge is 0.335 e. The number of carboxylic acid groups (broad SMARTS) is 2. The molecule has 0 bridgehead atoms. The predicted octanol–water partition coefficient (Wildman–Crippen LogP) is 2.00. The van der Waals surface area contributed by atoms with Gasteiger partial charge in [0, 0.05) is 68.3 Å². The van der Waals surface area contributed by atoms with Crippen LogP contribution in [-0.2, 0) is 11.8 Å². The van der Waals surface area contributed by atoms with Crippen LogP contribution in [0.5, 0.6) is 0 Å². The zero-order valence-electron chi connectivity index (χ0n) is 16.6. The van der Waals surface area contributed by atoms with E-state index < -0.39 is 18.0 Å². The number of fused-ring (bicyclic) bond motifs is 1. The van der Waals surface area contributed by atoms with Crippen LogP contribution in [0.1, 0.15) is 28.4 Å². The lowest BCUT2D eigenvalue weighted by Crippen LogP contribution is -2.37. The van der Waals surface area contributed by atoms with Crippen molar-refractivity contribution in [2.24, 2.45) is 7.05 Å². The van der Waals surface area contributed by atoms with Gasteiger partial charge < -0.3 is 19.7 Å². The second-order valence-corrected chi connectivity index (χ2v) is 7.40. The first kappa shape index (κ1) is 19.8. The quantitative estimate of drug-likeness (QED) is 0.658. The molecule has 0 spiro atoms. The number of aromatic nitrogens is 3. The second kappa shape index (κ2) is 8.11. The fourth-order valence-corrected chi connectivity index (χ4v) is 4.11. The third-order valence-electron chi connectivity index (χ3n) is 5.53. The highest BCUT2D eigenvalue weighted by molar-refractivity contribution is 5.96. The summed E-state index contributed by atoms with van der Waals surface area (Å²) in [5.41, 5.74) is 1.55. The van der Waals surface area contributed by atoms with Gasteiger partial charge in [0.05, 0.1) is 5.56 Å². The van der Waals surface area contributed by atoms with E-state index in [0.717, 1.165) is 18.5 Å². The Labute approximate surface area is 173 Å². The number of aryl methyl sites for hydroxylation is 1. The lowest BCUT2D eigenvalue weighted by molar-refractivity contribution is -0.143. The number of rotatable bonds is 5. The van der Waals surface area contributed by atoms with Gasteiger partial charge in [-0.25, -0.2) is 14.8 Å². The fraction of sp³-hybridized carbons (Fsp3) is 0.333. The van der Waals surface area contributed by atoms with Gasteiger partial charge >= 0.3 is 11.9 Å². The van der Waals surface area contributed by atoms with Crippen LogP contribution in [0, 0.1) is 0 Å². The summed E-state index contributed by atoms with van der Waals surface area (Å²) >= 11 is 0. The molecule has 2 aromatic heterocycles. The van der Waals surface area contributed by atoms with Crippen molar-refractivity contribution in [1.29, 1.82) is 0 Å². The first-order valence-corrected chi connectivity index (χ1v) is 9.77. The van der Waals surface area contributed by atoms with E-state index in [1.165, 1.54) is 6.07 Å². The van der Waals surface area contributed by atoms with Gasteiger partial charge in [0.2, 0.25) is 5.95 Å². The standard InChI is InChI=1S/C21H23N5O4/c1-24-13-16(15-12-14(19(27)28)4-5-17(15)24)18(20(29)30)25-8-3-9-26(11-10-25)21-22-6-2-7-23-21/h2,4-7,12-13,18H,3,8-11H2,1H3,(H,27,28)(H,29,30)/t18-/m0/s1. The topological polar surface area (TPSA) is 112 Å². The Kier molecular flexibility index (Phi) is 5.37. The Balaban J connectivity index is 1.67. The number of nitrogens with zero attached hydrogens (tertiary/aromatic N) is 5. The zero-order chi connectivity index (χ0) is 21.3. The van der Waals surface area contributed by atoms with Crippen LogP contribution in [0.2, 0.25) is 0 Å². The Morgan fingerprint density at radius 2 is 1.83 bits per heavy atom. The highest BCUT2D eigenvalue weighted by Crippen LogP contribution is 2.32. The Morgan fingerprint density at radius 3 is 2.53 bits per heavy atom. The molecule has 0 saturated carbocycles. The molecule has 0 unspecified atom stereocenters. The first-order valence-electron chi connectivity index (χ1n) is 9.77. The van der Waals surface area contributed by atoms with Crippen LogP contribution in [-0.4, -0.2) is 67.8 Å². The number of aliphatic carboxylic acids is 1. The van der Waals surface area contributed by atoms with Crippen molar-refractivity contribution < 1.29 is 19.8 Å². The Morgan fingerprint density at radius 1 is 1.07 bits per heavy atom. The minimum absolute atomic E-state index is 0.141. The lowest BCUT2D eigenvalue weighted by Gasteiger charge is -2.27.